The van der Waals surface area contributed by atoms with E-state index in [1.165, 1.54) is 12.1 Å². The summed E-state index contributed by atoms with van der Waals surface area (Å²) >= 11 is 5.78. The van der Waals surface area contributed by atoms with E-state index in [2.05, 4.69) is 4.72 Å². The Balaban J connectivity index is 2.19. The minimum absolute atomic E-state index is 0.146. The summed E-state index contributed by atoms with van der Waals surface area (Å²) in [4.78, 5) is 0.146. The minimum Gasteiger partial charge on any atom is -0.392 e. The predicted octanol–water partition coefficient (Wildman–Crippen LogP) is 1.78. The first-order chi connectivity index (χ1) is 8.23. The van der Waals surface area contributed by atoms with Gasteiger partial charge in [0.2, 0.25) is 10.0 Å². The first-order valence-corrected chi connectivity index (χ1v) is 7.55. The van der Waals surface area contributed by atoms with Gasteiger partial charge < -0.3 is 5.11 Å². The Labute approximate surface area is 112 Å². The van der Waals surface area contributed by atoms with Crippen LogP contribution in [0.1, 0.15) is 20.3 Å². The fraction of sp³-hybridized carbons (Fsp3) is 0.500. The number of benzene rings is 1. The second-order valence-electron chi connectivity index (χ2n) is 5.20. The molecule has 0 spiro atoms. The van der Waals surface area contributed by atoms with Crippen LogP contribution in [0.25, 0.3) is 0 Å². The van der Waals surface area contributed by atoms with Crippen molar-refractivity contribution in [1.82, 2.24) is 4.72 Å². The predicted molar refractivity (Wildman–Crippen MR) is 70.0 cm³/mol. The maximum absolute atomic E-state index is 12.1. The zero-order chi connectivity index (χ0) is 13.6. The van der Waals surface area contributed by atoms with Crippen LogP contribution in [-0.4, -0.2) is 25.7 Å². The lowest BCUT2D eigenvalue weighted by atomic mass is 9.65. The third-order valence-electron chi connectivity index (χ3n) is 3.62. The Hall–Kier alpha value is -0.620. The molecule has 2 rings (SSSR count). The molecule has 0 aromatic heterocycles. The second kappa shape index (κ2) is 4.49. The molecule has 0 aliphatic heterocycles. The number of nitrogens with one attached hydrogen (secondary N) is 1. The highest BCUT2D eigenvalue weighted by Gasteiger charge is 2.48. The molecule has 6 heteroatoms. The Bertz CT molecular complexity index is 556. The van der Waals surface area contributed by atoms with Gasteiger partial charge in [-0.2, -0.15) is 0 Å². The van der Waals surface area contributed by atoms with Gasteiger partial charge in [0.25, 0.3) is 0 Å². The van der Waals surface area contributed by atoms with E-state index >= 15 is 0 Å². The molecular formula is C12H16ClNO3S. The number of sulfonamides is 1. The van der Waals surface area contributed by atoms with Gasteiger partial charge in [-0.05, 0) is 24.6 Å². The van der Waals surface area contributed by atoms with E-state index in [4.69, 9.17) is 11.6 Å². The molecule has 0 heterocycles. The van der Waals surface area contributed by atoms with E-state index in [0.717, 1.165) is 0 Å². The molecule has 0 bridgehead atoms. The Morgan fingerprint density at radius 2 is 2.11 bits per heavy atom. The van der Waals surface area contributed by atoms with Crippen LogP contribution in [0.5, 0.6) is 0 Å². The summed E-state index contributed by atoms with van der Waals surface area (Å²) in [5.74, 6) is 0. The SMILES string of the molecule is CC1(C)C(O)CC1NS(=O)(=O)c1cccc(Cl)c1. The largest absolute Gasteiger partial charge is 0.392 e. The monoisotopic (exact) mass is 289 g/mol. The smallest absolute Gasteiger partial charge is 0.240 e. The van der Waals surface area contributed by atoms with Crippen LogP contribution in [0.2, 0.25) is 5.02 Å². The third kappa shape index (κ3) is 2.40. The van der Waals surface area contributed by atoms with Gasteiger partial charge in [0.05, 0.1) is 11.0 Å². The summed E-state index contributed by atoms with van der Waals surface area (Å²) < 4.78 is 26.9. The number of aliphatic hydroxyl groups is 1. The van der Waals surface area contributed by atoms with Crippen molar-refractivity contribution in [3.05, 3.63) is 29.3 Å². The fourth-order valence-electron chi connectivity index (χ4n) is 1.99. The molecule has 0 saturated heterocycles. The topological polar surface area (TPSA) is 66.4 Å². The summed E-state index contributed by atoms with van der Waals surface area (Å²) in [6, 6.07) is 5.87. The molecular weight excluding hydrogens is 274 g/mol. The lowest BCUT2D eigenvalue weighted by Crippen LogP contribution is -2.61. The molecule has 1 aromatic carbocycles. The lowest BCUT2D eigenvalue weighted by Gasteiger charge is -2.49. The van der Waals surface area contributed by atoms with Crippen molar-refractivity contribution < 1.29 is 13.5 Å². The van der Waals surface area contributed by atoms with Crippen LogP contribution >= 0.6 is 11.6 Å². The van der Waals surface area contributed by atoms with Crippen molar-refractivity contribution in [3.8, 4) is 0 Å². The first kappa shape index (κ1) is 13.8. The molecule has 4 nitrogen and oxygen atoms in total. The van der Waals surface area contributed by atoms with E-state index in [9.17, 15) is 13.5 Å². The van der Waals surface area contributed by atoms with Gasteiger partial charge in [0.1, 0.15) is 0 Å². The van der Waals surface area contributed by atoms with Gasteiger partial charge >= 0.3 is 0 Å². The molecule has 1 aliphatic carbocycles. The van der Waals surface area contributed by atoms with E-state index in [0.29, 0.717) is 11.4 Å². The first-order valence-electron chi connectivity index (χ1n) is 5.69. The maximum Gasteiger partial charge on any atom is 0.240 e. The highest BCUT2D eigenvalue weighted by atomic mass is 35.5. The van der Waals surface area contributed by atoms with Gasteiger partial charge in [-0.25, -0.2) is 13.1 Å². The Morgan fingerprint density at radius 3 is 2.61 bits per heavy atom. The van der Waals surface area contributed by atoms with Crippen molar-refractivity contribution in [2.75, 3.05) is 0 Å². The van der Waals surface area contributed by atoms with E-state index < -0.39 is 21.5 Å². The van der Waals surface area contributed by atoms with Crippen molar-refractivity contribution in [2.45, 2.75) is 37.3 Å². The molecule has 100 valence electrons. The summed E-state index contributed by atoms with van der Waals surface area (Å²) in [6.45, 7) is 3.68. The number of hydrogen-bond acceptors (Lipinski definition) is 3. The highest BCUT2D eigenvalue weighted by Crippen LogP contribution is 2.41. The van der Waals surface area contributed by atoms with Crippen LogP contribution in [0, 0.1) is 5.41 Å². The summed E-state index contributed by atoms with van der Waals surface area (Å²) in [6.07, 6.45) is -0.0307. The Kier molecular flexibility index (Phi) is 3.44. The number of aliphatic hydroxyl groups excluding tert-OH is 1. The van der Waals surface area contributed by atoms with Crippen molar-refractivity contribution >= 4 is 21.6 Å². The van der Waals surface area contributed by atoms with Crippen molar-refractivity contribution in [3.63, 3.8) is 0 Å². The van der Waals surface area contributed by atoms with Gasteiger partial charge in [-0.15, -0.1) is 0 Å². The average molecular weight is 290 g/mol. The number of halogens is 1. The molecule has 1 saturated carbocycles. The van der Waals surface area contributed by atoms with Crippen molar-refractivity contribution in [1.29, 1.82) is 0 Å². The summed E-state index contributed by atoms with van der Waals surface area (Å²) in [7, 11) is -3.58. The van der Waals surface area contributed by atoms with Gasteiger partial charge in [-0.3, -0.25) is 0 Å². The zero-order valence-corrected chi connectivity index (χ0v) is 11.8. The standard InChI is InChI=1S/C12H16ClNO3S/c1-12(2)10(7-11(12)15)14-18(16,17)9-5-3-4-8(13)6-9/h3-6,10-11,14-15H,7H2,1-2H3. The Morgan fingerprint density at radius 1 is 1.44 bits per heavy atom. The maximum atomic E-state index is 12.1. The van der Waals surface area contributed by atoms with Crippen LogP contribution in [0.15, 0.2) is 29.2 Å². The highest BCUT2D eigenvalue weighted by molar-refractivity contribution is 7.89. The molecule has 2 unspecified atom stereocenters. The van der Waals surface area contributed by atoms with Gasteiger partial charge in [-0.1, -0.05) is 31.5 Å². The summed E-state index contributed by atoms with van der Waals surface area (Å²) in [5.41, 5.74) is -0.439. The molecule has 1 fully saturated rings. The second-order valence-corrected chi connectivity index (χ2v) is 7.35. The number of hydrogen-bond donors (Lipinski definition) is 2. The molecule has 18 heavy (non-hydrogen) atoms. The third-order valence-corrected chi connectivity index (χ3v) is 5.32. The van der Waals surface area contributed by atoms with Gasteiger partial charge in [0.15, 0.2) is 0 Å². The molecule has 0 radical (unpaired) electrons. The van der Waals surface area contributed by atoms with Gasteiger partial charge in [0, 0.05) is 16.5 Å². The summed E-state index contributed by atoms with van der Waals surface area (Å²) in [5, 5.41) is 9.98. The van der Waals surface area contributed by atoms with Crippen LogP contribution in [0.4, 0.5) is 0 Å². The van der Waals surface area contributed by atoms with E-state index in [1.54, 1.807) is 12.1 Å². The molecule has 0 amide bonds. The zero-order valence-electron chi connectivity index (χ0n) is 10.2. The normalized spacial score (nSPS) is 26.7. The molecule has 1 aromatic rings. The van der Waals surface area contributed by atoms with Crippen LogP contribution in [-0.2, 0) is 10.0 Å². The quantitative estimate of drug-likeness (QED) is 0.891. The van der Waals surface area contributed by atoms with E-state index in [-0.39, 0.29) is 10.9 Å². The van der Waals surface area contributed by atoms with Crippen LogP contribution in [0.3, 0.4) is 0 Å². The minimum atomic E-state index is -3.58. The van der Waals surface area contributed by atoms with Crippen molar-refractivity contribution in [2.24, 2.45) is 5.41 Å². The van der Waals surface area contributed by atoms with E-state index in [1.807, 2.05) is 13.8 Å². The number of rotatable bonds is 3. The molecule has 1 aliphatic rings. The fourth-order valence-corrected chi connectivity index (χ4v) is 3.70. The lowest BCUT2D eigenvalue weighted by molar-refractivity contribution is -0.0645. The molecule has 2 N–H and O–H groups in total. The average Bonchev–Trinajstić information content (AvgIpc) is 2.28. The van der Waals surface area contributed by atoms with Crippen LogP contribution < -0.4 is 4.72 Å². The molecule has 2 atom stereocenters.